The van der Waals surface area contributed by atoms with Crippen molar-refractivity contribution in [3.05, 3.63) is 102 Å². The van der Waals surface area contributed by atoms with E-state index in [2.05, 4.69) is 20.6 Å². The quantitative estimate of drug-likeness (QED) is 0.273. The lowest BCUT2D eigenvalue weighted by Gasteiger charge is -2.17. The SMILES string of the molecule is O=C(NCCCCC(NC(=O)c1ccc(F)cc1)c1nc2ccccc2[nH]1)OCc1ccccc1. The van der Waals surface area contributed by atoms with E-state index in [1.54, 1.807) is 0 Å². The third kappa shape index (κ3) is 6.89. The summed E-state index contributed by atoms with van der Waals surface area (Å²) in [5, 5.41) is 5.75. The Bertz CT molecular complexity index is 1230. The molecule has 4 aromatic rings. The zero-order chi connectivity index (χ0) is 24.5. The van der Waals surface area contributed by atoms with Gasteiger partial charge in [-0.05, 0) is 61.2 Å². The first-order valence-corrected chi connectivity index (χ1v) is 11.5. The fourth-order valence-corrected chi connectivity index (χ4v) is 3.70. The number of fused-ring (bicyclic) bond motifs is 1. The number of hydrogen-bond donors (Lipinski definition) is 3. The molecule has 0 bridgehead atoms. The lowest BCUT2D eigenvalue weighted by atomic mass is 10.1. The summed E-state index contributed by atoms with van der Waals surface area (Å²) in [5.74, 6) is -0.0554. The Hall–Kier alpha value is -4.20. The van der Waals surface area contributed by atoms with Gasteiger partial charge in [0.05, 0.1) is 17.1 Å². The molecule has 0 aliphatic carbocycles. The Labute approximate surface area is 202 Å². The van der Waals surface area contributed by atoms with Crippen molar-refractivity contribution in [2.24, 2.45) is 0 Å². The number of benzene rings is 3. The average Bonchev–Trinajstić information content (AvgIpc) is 3.32. The summed E-state index contributed by atoms with van der Waals surface area (Å²) >= 11 is 0. The highest BCUT2D eigenvalue weighted by atomic mass is 19.1. The largest absolute Gasteiger partial charge is 0.445 e. The van der Waals surface area contributed by atoms with Gasteiger partial charge in [-0.2, -0.15) is 0 Å². The van der Waals surface area contributed by atoms with Crippen molar-refractivity contribution in [3.63, 3.8) is 0 Å². The molecule has 1 unspecified atom stereocenters. The summed E-state index contributed by atoms with van der Waals surface area (Å²) in [6, 6.07) is 22.2. The minimum absolute atomic E-state index is 0.218. The Morgan fingerprint density at radius 2 is 1.69 bits per heavy atom. The lowest BCUT2D eigenvalue weighted by Crippen LogP contribution is -2.30. The number of amides is 2. The van der Waals surface area contributed by atoms with Crippen molar-refractivity contribution in [2.45, 2.75) is 31.9 Å². The number of imidazole rings is 1. The molecule has 1 heterocycles. The molecule has 3 aromatic carbocycles. The third-order valence-corrected chi connectivity index (χ3v) is 5.55. The van der Waals surface area contributed by atoms with E-state index in [1.807, 2.05) is 54.6 Å². The van der Waals surface area contributed by atoms with Gasteiger partial charge in [-0.15, -0.1) is 0 Å². The molecular weight excluding hydrogens is 447 g/mol. The van der Waals surface area contributed by atoms with Crippen LogP contribution in [0.2, 0.25) is 0 Å². The molecule has 0 radical (unpaired) electrons. The smallest absolute Gasteiger partial charge is 0.407 e. The van der Waals surface area contributed by atoms with Gasteiger partial charge in [-0.3, -0.25) is 4.79 Å². The maximum Gasteiger partial charge on any atom is 0.407 e. The number of rotatable bonds is 10. The second kappa shape index (κ2) is 11.8. The van der Waals surface area contributed by atoms with E-state index >= 15 is 0 Å². The van der Waals surface area contributed by atoms with Crippen molar-refractivity contribution < 1.29 is 18.7 Å². The van der Waals surface area contributed by atoms with Crippen LogP contribution < -0.4 is 10.6 Å². The molecule has 1 aromatic heterocycles. The Morgan fingerprint density at radius 1 is 0.943 bits per heavy atom. The predicted molar refractivity (Wildman–Crippen MR) is 131 cm³/mol. The van der Waals surface area contributed by atoms with Crippen molar-refractivity contribution in [1.29, 1.82) is 0 Å². The van der Waals surface area contributed by atoms with Crippen LogP contribution in [0.15, 0.2) is 78.9 Å². The Morgan fingerprint density at radius 3 is 2.46 bits per heavy atom. The lowest BCUT2D eigenvalue weighted by molar-refractivity contribution is 0.0932. The summed E-state index contributed by atoms with van der Waals surface area (Å²) in [7, 11) is 0. The van der Waals surface area contributed by atoms with Crippen molar-refractivity contribution in [2.75, 3.05) is 6.54 Å². The summed E-state index contributed by atoms with van der Waals surface area (Å²) in [4.78, 5) is 32.6. The van der Waals surface area contributed by atoms with Crippen LogP contribution in [0.3, 0.4) is 0 Å². The molecule has 35 heavy (non-hydrogen) atoms. The van der Waals surface area contributed by atoms with Gasteiger partial charge in [0.1, 0.15) is 18.2 Å². The van der Waals surface area contributed by atoms with Crippen LogP contribution in [-0.2, 0) is 11.3 Å². The van der Waals surface area contributed by atoms with Crippen LogP contribution in [0.1, 0.15) is 47.1 Å². The van der Waals surface area contributed by atoms with Crippen LogP contribution in [0, 0.1) is 5.82 Å². The molecule has 0 spiro atoms. The predicted octanol–water partition coefficient (Wildman–Crippen LogP) is 5.27. The highest BCUT2D eigenvalue weighted by molar-refractivity contribution is 5.94. The number of carbonyl (C=O) groups is 2. The Balaban J connectivity index is 1.30. The molecule has 4 rings (SSSR count). The highest BCUT2D eigenvalue weighted by Crippen LogP contribution is 2.21. The van der Waals surface area contributed by atoms with E-state index in [0.717, 1.165) is 23.0 Å². The van der Waals surface area contributed by atoms with E-state index in [-0.39, 0.29) is 18.6 Å². The molecule has 2 amide bonds. The molecular formula is C27H27FN4O3. The van der Waals surface area contributed by atoms with Crippen LogP contribution in [0.25, 0.3) is 11.0 Å². The standard InChI is InChI=1S/C27H27FN4O3/c28-21-15-13-20(14-16-21)26(33)32-24(25-30-22-10-4-5-11-23(22)31-25)12-6-7-17-29-27(34)35-18-19-8-2-1-3-9-19/h1-5,8-11,13-16,24H,6-7,12,17-18H2,(H,29,34)(H,30,31)(H,32,33). The normalized spacial score (nSPS) is 11.7. The Kier molecular flexibility index (Phi) is 8.06. The second-order valence-corrected chi connectivity index (χ2v) is 8.16. The number of carbonyl (C=O) groups excluding carboxylic acids is 2. The van der Waals surface area contributed by atoms with Crippen LogP contribution in [0.4, 0.5) is 9.18 Å². The summed E-state index contributed by atoms with van der Waals surface area (Å²) in [5.41, 5.74) is 2.99. The van der Waals surface area contributed by atoms with Crippen molar-refractivity contribution in [1.82, 2.24) is 20.6 Å². The average molecular weight is 475 g/mol. The number of aromatic amines is 1. The van der Waals surface area contributed by atoms with E-state index in [4.69, 9.17) is 4.74 Å². The number of nitrogens with one attached hydrogen (secondary N) is 3. The zero-order valence-corrected chi connectivity index (χ0v) is 19.2. The van der Waals surface area contributed by atoms with Gasteiger partial charge in [-0.25, -0.2) is 14.2 Å². The number of ether oxygens (including phenoxy) is 1. The number of H-pyrrole nitrogens is 1. The van der Waals surface area contributed by atoms with Gasteiger partial charge in [0.15, 0.2) is 0 Å². The second-order valence-electron chi connectivity index (χ2n) is 8.16. The minimum atomic E-state index is -0.465. The molecule has 180 valence electrons. The molecule has 3 N–H and O–H groups in total. The van der Waals surface area contributed by atoms with Gasteiger partial charge in [0.25, 0.3) is 5.91 Å². The monoisotopic (exact) mass is 474 g/mol. The van der Waals surface area contributed by atoms with Gasteiger partial charge in [0, 0.05) is 12.1 Å². The van der Waals surface area contributed by atoms with Crippen LogP contribution in [-0.4, -0.2) is 28.5 Å². The van der Waals surface area contributed by atoms with E-state index in [9.17, 15) is 14.0 Å². The van der Waals surface area contributed by atoms with Crippen molar-refractivity contribution >= 4 is 23.0 Å². The molecule has 8 heteroatoms. The first-order valence-electron chi connectivity index (χ1n) is 11.5. The minimum Gasteiger partial charge on any atom is -0.445 e. The number of aromatic nitrogens is 2. The molecule has 0 aliphatic rings. The third-order valence-electron chi connectivity index (χ3n) is 5.55. The number of alkyl carbamates (subject to hydrolysis) is 1. The molecule has 1 atom stereocenters. The summed E-state index contributed by atoms with van der Waals surface area (Å²) in [6.45, 7) is 0.669. The van der Waals surface area contributed by atoms with Gasteiger partial charge < -0.3 is 20.4 Å². The number of para-hydroxylation sites is 2. The fraction of sp³-hybridized carbons (Fsp3) is 0.222. The first-order chi connectivity index (χ1) is 17.1. The van der Waals surface area contributed by atoms with Gasteiger partial charge in [-0.1, -0.05) is 42.5 Å². The highest BCUT2D eigenvalue weighted by Gasteiger charge is 2.19. The van der Waals surface area contributed by atoms with Crippen molar-refractivity contribution in [3.8, 4) is 0 Å². The number of nitrogens with zero attached hydrogens (tertiary/aromatic N) is 1. The molecule has 0 aliphatic heterocycles. The van der Waals surface area contributed by atoms with E-state index in [0.29, 0.717) is 30.8 Å². The fourth-order valence-electron chi connectivity index (χ4n) is 3.70. The maximum absolute atomic E-state index is 13.2. The van der Waals surface area contributed by atoms with E-state index < -0.39 is 11.9 Å². The topological polar surface area (TPSA) is 96.1 Å². The van der Waals surface area contributed by atoms with Gasteiger partial charge in [0.2, 0.25) is 0 Å². The van der Waals surface area contributed by atoms with Gasteiger partial charge >= 0.3 is 6.09 Å². The summed E-state index contributed by atoms with van der Waals surface area (Å²) in [6.07, 6.45) is 1.56. The molecule has 0 saturated heterocycles. The first kappa shape index (κ1) is 23.9. The van der Waals surface area contributed by atoms with Crippen LogP contribution in [0.5, 0.6) is 0 Å². The summed E-state index contributed by atoms with van der Waals surface area (Å²) < 4.78 is 18.5. The number of hydrogen-bond acceptors (Lipinski definition) is 4. The van der Waals surface area contributed by atoms with E-state index in [1.165, 1.54) is 24.3 Å². The maximum atomic E-state index is 13.2. The molecule has 7 nitrogen and oxygen atoms in total. The number of halogens is 1. The zero-order valence-electron chi connectivity index (χ0n) is 19.2. The van der Waals surface area contributed by atoms with Crippen LogP contribution >= 0.6 is 0 Å². The molecule has 0 fully saturated rings. The molecule has 0 saturated carbocycles. The number of unbranched alkanes of at least 4 members (excludes halogenated alkanes) is 1.